The highest BCUT2D eigenvalue weighted by atomic mass is 32.2. The minimum absolute atomic E-state index is 0.0365. The molecule has 0 bridgehead atoms. The number of ketones is 1. The number of carbonyl (C=O) groups excluding carboxylic acids is 1. The first-order valence-electron chi connectivity index (χ1n) is 7.37. The Balaban J connectivity index is 2.09. The van der Waals surface area contributed by atoms with Crippen molar-refractivity contribution in [2.24, 2.45) is 0 Å². The summed E-state index contributed by atoms with van der Waals surface area (Å²) in [6.07, 6.45) is 5.56. The van der Waals surface area contributed by atoms with Crippen LogP contribution in [0.15, 0.2) is 59.5 Å². The fraction of sp³-hybridized carbons (Fsp3) is 0.250. The number of hydrogen-bond acceptors (Lipinski definition) is 2. The van der Waals surface area contributed by atoms with Gasteiger partial charge in [0.05, 0.1) is 0 Å². The van der Waals surface area contributed by atoms with Crippen molar-refractivity contribution in [1.29, 1.82) is 0 Å². The molecule has 1 nitrogen and oxygen atoms in total. The maximum Gasteiger partial charge on any atom is 0.185 e. The van der Waals surface area contributed by atoms with E-state index in [1.54, 1.807) is 17.8 Å². The molecule has 0 amide bonds. The Kier molecular flexibility index (Phi) is 5.25. The Morgan fingerprint density at radius 2 is 1.55 bits per heavy atom. The van der Waals surface area contributed by atoms with Crippen molar-refractivity contribution < 1.29 is 4.79 Å². The maximum atomic E-state index is 12.2. The van der Waals surface area contributed by atoms with Crippen LogP contribution in [0.3, 0.4) is 0 Å². The smallest absolute Gasteiger partial charge is 0.185 e. The lowest BCUT2D eigenvalue weighted by Gasteiger charge is -2.18. The number of carbonyl (C=O) groups is 1. The first kappa shape index (κ1) is 16.6. The van der Waals surface area contributed by atoms with Gasteiger partial charge >= 0.3 is 0 Å². The van der Waals surface area contributed by atoms with E-state index in [2.05, 4.69) is 39.2 Å². The van der Waals surface area contributed by atoms with Gasteiger partial charge in [-0.05, 0) is 41.0 Å². The lowest BCUT2D eigenvalue weighted by atomic mass is 9.86. The summed E-state index contributed by atoms with van der Waals surface area (Å²) in [4.78, 5) is 13.4. The van der Waals surface area contributed by atoms with Gasteiger partial charge in [-0.15, -0.1) is 11.8 Å². The van der Waals surface area contributed by atoms with E-state index in [1.807, 2.05) is 42.5 Å². The van der Waals surface area contributed by atoms with E-state index >= 15 is 0 Å². The maximum absolute atomic E-state index is 12.2. The van der Waals surface area contributed by atoms with Crippen LogP contribution in [0.5, 0.6) is 0 Å². The predicted octanol–water partition coefficient (Wildman–Crippen LogP) is 5.60. The molecule has 0 radical (unpaired) electrons. The van der Waals surface area contributed by atoms with Crippen LogP contribution in [0, 0.1) is 0 Å². The summed E-state index contributed by atoms with van der Waals surface area (Å²) in [5, 5.41) is 0. The standard InChI is InChI=1S/C20H22OS/c1-20(2,3)17-10-8-16(9-11-17)19(21)14-7-15-5-12-18(22-4)13-6-15/h5-14H,1-4H3. The molecule has 0 fully saturated rings. The van der Waals surface area contributed by atoms with Gasteiger partial charge in [-0.2, -0.15) is 0 Å². The summed E-state index contributed by atoms with van der Waals surface area (Å²) in [6.45, 7) is 6.51. The van der Waals surface area contributed by atoms with E-state index in [1.165, 1.54) is 10.5 Å². The largest absolute Gasteiger partial charge is 0.289 e. The average molecular weight is 310 g/mol. The summed E-state index contributed by atoms with van der Waals surface area (Å²) < 4.78 is 0. The Morgan fingerprint density at radius 3 is 2.05 bits per heavy atom. The molecule has 0 atom stereocenters. The van der Waals surface area contributed by atoms with Gasteiger partial charge in [-0.3, -0.25) is 4.79 Å². The van der Waals surface area contributed by atoms with Crippen LogP contribution in [0.4, 0.5) is 0 Å². The van der Waals surface area contributed by atoms with Gasteiger partial charge in [0.25, 0.3) is 0 Å². The molecule has 2 heteroatoms. The highest BCUT2D eigenvalue weighted by Crippen LogP contribution is 2.22. The molecule has 2 rings (SSSR count). The molecule has 0 saturated heterocycles. The van der Waals surface area contributed by atoms with Crippen molar-refractivity contribution in [3.8, 4) is 0 Å². The Bertz CT molecular complexity index is 658. The quantitative estimate of drug-likeness (QED) is 0.415. The number of benzene rings is 2. The summed E-state index contributed by atoms with van der Waals surface area (Å²) in [5.41, 5.74) is 3.11. The van der Waals surface area contributed by atoms with Crippen molar-refractivity contribution >= 4 is 23.6 Å². The molecule has 0 aliphatic rings. The fourth-order valence-corrected chi connectivity index (χ4v) is 2.53. The molecule has 114 valence electrons. The van der Waals surface area contributed by atoms with E-state index in [0.29, 0.717) is 0 Å². The molecular formula is C20H22OS. The Morgan fingerprint density at radius 1 is 0.955 bits per heavy atom. The van der Waals surface area contributed by atoms with Gasteiger partial charge in [0.1, 0.15) is 0 Å². The molecule has 0 spiro atoms. The number of rotatable bonds is 4. The van der Waals surface area contributed by atoms with Crippen LogP contribution in [0.25, 0.3) is 6.08 Å². The van der Waals surface area contributed by atoms with E-state index in [4.69, 9.17) is 0 Å². The van der Waals surface area contributed by atoms with Gasteiger partial charge in [-0.25, -0.2) is 0 Å². The molecule has 0 aliphatic heterocycles. The third-order valence-electron chi connectivity index (χ3n) is 3.58. The van der Waals surface area contributed by atoms with Crippen LogP contribution < -0.4 is 0 Å². The van der Waals surface area contributed by atoms with Crippen molar-refractivity contribution in [2.45, 2.75) is 31.1 Å². The van der Waals surface area contributed by atoms with Gasteiger partial charge in [0.15, 0.2) is 5.78 Å². The SMILES string of the molecule is CSc1ccc(C=CC(=O)c2ccc(C(C)(C)C)cc2)cc1. The molecular weight excluding hydrogens is 288 g/mol. The predicted molar refractivity (Wildman–Crippen MR) is 96.7 cm³/mol. The van der Waals surface area contributed by atoms with Crippen LogP contribution in [-0.2, 0) is 5.41 Å². The van der Waals surface area contributed by atoms with Gasteiger partial charge in [0, 0.05) is 10.5 Å². The topological polar surface area (TPSA) is 17.1 Å². The third kappa shape index (κ3) is 4.35. The summed E-state index contributed by atoms with van der Waals surface area (Å²) in [7, 11) is 0. The molecule has 0 aliphatic carbocycles. The van der Waals surface area contributed by atoms with Gasteiger partial charge in [0.2, 0.25) is 0 Å². The molecule has 2 aromatic rings. The number of hydrogen-bond donors (Lipinski definition) is 0. The zero-order chi connectivity index (χ0) is 16.2. The van der Waals surface area contributed by atoms with Crippen LogP contribution in [0.2, 0.25) is 0 Å². The van der Waals surface area contributed by atoms with Gasteiger partial charge in [-0.1, -0.05) is 63.2 Å². The van der Waals surface area contributed by atoms with E-state index < -0.39 is 0 Å². The molecule has 0 heterocycles. The first-order valence-corrected chi connectivity index (χ1v) is 8.59. The van der Waals surface area contributed by atoms with Crippen LogP contribution in [0.1, 0.15) is 42.3 Å². The summed E-state index contributed by atoms with van der Waals surface area (Å²) in [5.74, 6) is 0.0365. The second-order valence-corrected chi connectivity index (χ2v) is 7.18. The second kappa shape index (κ2) is 6.97. The zero-order valence-electron chi connectivity index (χ0n) is 13.6. The van der Waals surface area contributed by atoms with E-state index in [0.717, 1.165) is 11.1 Å². The average Bonchev–Trinajstić information content (AvgIpc) is 2.52. The van der Waals surface area contributed by atoms with Crippen molar-refractivity contribution in [3.05, 3.63) is 71.3 Å². The van der Waals surface area contributed by atoms with E-state index in [-0.39, 0.29) is 11.2 Å². The van der Waals surface area contributed by atoms with E-state index in [9.17, 15) is 4.79 Å². The molecule has 0 aromatic heterocycles. The highest BCUT2D eigenvalue weighted by Gasteiger charge is 2.13. The minimum atomic E-state index is 0.0365. The summed E-state index contributed by atoms with van der Waals surface area (Å²) >= 11 is 1.71. The lowest BCUT2D eigenvalue weighted by molar-refractivity contribution is 0.104. The number of thioether (sulfide) groups is 1. The second-order valence-electron chi connectivity index (χ2n) is 6.30. The Hall–Kier alpha value is -1.80. The molecule has 0 N–H and O–H groups in total. The highest BCUT2D eigenvalue weighted by molar-refractivity contribution is 7.98. The molecule has 22 heavy (non-hydrogen) atoms. The molecule has 0 saturated carbocycles. The van der Waals surface area contributed by atoms with Crippen molar-refractivity contribution in [3.63, 3.8) is 0 Å². The zero-order valence-corrected chi connectivity index (χ0v) is 14.4. The van der Waals surface area contributed by atoms with Crippen LogP contribution in [-0.4, -0.2) is 12.0 Å². The number of allylic oxidation sites excluding steroid dienone is 1. The minimum Gasteiger partial charge on any atom is -0.289 e. The molecule has 2 aromatic carbocycles. The summed E-state index contributed by atoms with van der Waals surface area (Å²) in [6, 6.07) is 16.1. The van der Waals surface area contributed by atoms with Gasteiger partial charge < -0.3 is 0 Å². The van der Waals surface area contributed by atoms with Crippen molar-refractivity contribution in [1.82, 2.24) is 0 Å². The first-order chi connectivity index (χ1) is 10.4. The molecule has 0 unspecified atom stereocenters. The Labute approximate surface area is 137 Å². The lowest BCUT2D eigenvalue weighted by Crippen LogP contribution is -2.11. The van der Waals surface area contributed by atoms with Crippen LogP contribution >= 0.6 is 11.8 Å². The fourth-order valence-electron chi connectivity index (χ4n) is 2.12. The third-order valence-corrected chi connectivity index (χ3v) is 4.32. The van der Waals surface area contributed by atoms with Crippen molar-refractivity contribution in [2.75, 3.05) is 6.26 Å². The normalized spacial score (nSPS) is 11.8. The monoisotopic (exact) mass is 310 g/mol.